The van der Waals surface area contributed by atoms with Crippen LogP contribution in [-0.2, 0) is 22.6 Å². The predicted octanol–water partition coefficient (Wildman–Crippen LogP) is 3.77. The molecule has 2 saturated heterocycles. The third-order valence-electron chi connectivity index (χ3n) is 8.20. The average molecular weight is 577 g/mol. The van der Waals surface area contributed by atoms with Gasteiger partial charge in [-0.1, -0.05) is 36.2 Å². The quantitative estimate of drug-likeness (QED) is 0.517. The standard InChI is InChI=1S/C27H32Cl2FN7O2/c1-2-18-14-36(26-24(29)32-21-12-31-23-22(15-39-27(23)38)33-25(21)34-26)9-10-37(18)19-5-7-35(8-6-19)13-16-3-4-17(28)11-20(16)30/h3-4,11,18-19,31H,2,5-10,12-15H2,1H3,(H,33,34)/t18-/m0/s1. The highest BCUT2D eigenvalue weighted by Gasteiger charge is 2.35. The maximum absolute atomic E-state index is 14.3. The van der Waals surface area contributed by atoms with Crippen molar-refractivity contribution in [2.75, 3.05) is 49.5 Å². The molecule has 6 rings (SSSR count). The van der Waals surface area contributed by atoms with Crippen molar-refractivity contribution >= 4 is 40.8 Å². The smallest absolute Gasteiger partial charge is 0.356 e. The molecule has 39 heavy (non-hydrogen) atoms. The molecule has 2 N–H and O–H groups in total. The van der Waals surface area contributed by atoms with E-state index in [-0.39, 0.29) is 18.4 Å². The lowest BCUT2D eigenvalue weighted by molar-refractivity contribution is -0.136. The second kappa shape index (κ2) is 11.1. The highest BCUT2D eigenvalue weighted by atomic mass is 35.5. The number of carbonyl (C=O) groups excluding carboxylic acids is 1. The van der Waals surface area contributed by atoms with Crippen LogP contribution in [0.3, 0.4) is 0 Å². The van der Waals surface area contributed by atoms with Crippen molar-refractivity contribution in [3.8, 4) is 0 Å². The Bertz CT molecular complexity index is 1300. The van der Waals surface area contributed by atoms with E-state index in [1.165, 1.54) is 6.07 Å². The van der Waals surface area contributed by atoms with Gasteiger partial charge in [0.2, 0.25) is 0 Å². The largest absolute Gasteiger partial charge is 0.454 e. The number of carbonyl (C=O) groups is 1. The Morgan fingerprint density at radius 3 is 2.74 bits per heavy atom. The van der Waals surface area contributed by atoms with Crippen LogP contribution in [0.1, 0.15) is 37.4 Å². The van der Waals surface area contributed by atoms with Crippen LogP contribution in [0.5, 0.6) is 0 Å². The summed E-state index contributed by atoms with van der Waals surface area (Å²) in [6.45, 7) is 7.77. The number of nitrogens with one attached hydrogen (secondary N) is 2. The molecule has 2 aromatic rings. The van der Waals surface area contributed by atoms with E-state index in [1.807, 2.05) is 0 Å². The SMILES string of the molecule is CC[C@H]1CN(c2nc3c(nc2Cl)CNC2=C(COC2=O)N3)CCN1C1CCN(Cc2ccc(Cl)cc2F)CC1. The van der Waals surface area contributed by atoms with Gasteiger partial charge < -0.3 is 20.3 Å². The van der Waals surface area contributed by atoms with Crippen LogP contribution in [0.2, 0.25) is 10.2 Å². The number of cyclic esters (lactones) is 1. The zero-order valence-corrected chi connectivity index (χ0v) is 23.4. The molecule has 9 nitrogen and oxygen atoms in total. The summed E-state index contributed by atoms with van der Waals surface area (Å²) in [5.41, 5.74) is 2.46. The van der Waals surface area contributed by atoms with Crippen molar-refractivity contribution in [3.63, 3.8) is 0 Å². The first kappa shape index (κ1) is 26.6. The number of aromatic nitrogens is 2. The molecule has 0 bridgehead atoms. The lowest BCUT2D eigenvalue weighted by atomic mass is 9.98. The molecule has 0 amide bonds. The summed E-state index contributed by atoms with van der Waals surface area (Å²) in [5.74, 6) is 0.654. The Balaban J connectivity index is 1.10. The van der Waals surface area contributed by atoms with Crippen molar-refractivity contribution in [2.24, 2.45) is 0 Å². The van der Waals surface area contributed by atoms with Crippen molar-refractivity contribution < 1.29 is 13.9 Å². The Kier molecular flexibility index (Phi) is 7.54. The van der Waals surface area contributed by atoms with Gasteiger partial charge in [0.1, 0.15) is 23.8 Å². The van der Waals surface area contributed by atoms with Crippen molar-refractivity contribution in [2.45, 2.75) is 51.4 Å². The van der Waals surface area contributed by atoms with Gasteiger partial charge in [-0.15, -0.1) is 0 Å². The molecule has 0 radical (unpaired) electrons. The molecule has 1 aromatic heterocycles. The topological polar surface area (TPSA) is 85.9 Å². The van der Waals surface area contributed by atoms with Crippen LogP contribution in [0, 0.1) is 5.82 Å². The third-order valence-corrected chi connectivity index (χ3v) is 8.69. The van der Waals surface area contributed by atoms with Crippen LogP contribution in [0.15, 0.2) is 29.6 Å². The number of likely N-dealkylation sites (tertiary alicyclic amines) is 1. The molecule has 1 aromatic carbocycles. The number of piperidine rings is 1. The van der Waals surface area contributed by atoms with Crippen molar-refractivity contribution in [3.05, 3.63) is 56.8 Å². The maximum atomic E-state index is 14.3. The van der Waals surface area contributed by atoms with Gasteiger partial charge in [0.15, 0.2) is 16.8 Å². The summed E-state index contributed by atoms with van der Waals surface area (Å²) in [6, 6.07) is 5.79. The molecule has 4 aliphatic heterocycles. The van der Waals surface area contributed by atoms with Crippen LogP contribution >= 0.6 is 23.2 Å². The average Bonchev–Trinajstić information content (AvgIpc) is 3.17. The highest BCUT2D eigenvalue weighted by Crippen LogP contribution is 2.32. The number of benzene rings is 1. The molecule has 2 fully saturated rings. The van der Waals surface area contributed by atoms with Gasteiger partial charge in [0.25, 0.3) is 0 Å². The Morgan fingerprint density at radius 2 is 1.97 bits per heavy atom. The van der Waals surface area contributed by atoms with Crippen molar-refractivity contribution in [1.82, 2.24) is 25.1 Å². The van der Waals surface area contributed by atoms with E-state index in [0.29, 0.717) is 69.6 Å². The first-order valence-corrected chi connectivity index (χ1v) is 14.3. The van der Waals surface area contributed by atoms with Crippen LogP contribution in [0.4, 0.5) is 16.0 Å². The van der Waals surface area contributed by atoms with E-state index in [0.717, 1.165) is 52.0 Å². The van der Waals surface area contributed by atoms with Gasteiger partial charge in [-0.2, -0.15) is 0 Å². The molecule has 208 valence electrons. The number of fused-ring (bicyclic) bond motifs is 1. The molecule has 0 unspecified atom stereocenters. The molecular formula is C27H32Cl2FN7O2. The minimum Gasteiger partial charge on any atom is -0.454 e. The number of rotatable bonds is 5. The number of halogens is 3. The lowest BCUT2D eigenvalue weighted by Crippen LogP contribution is -2.58. The fourth-order valence-electron chi connectivity index (χ4n) is 6.07. The second-order valence-corrected chi connectivity index (χ2v) is 11.3. The normalized spacial score (nSPS) is 22.6. The second-order valence-electron chi connectivity index (χ2n) is 10.5. The number of hydrogen-bond acceptors (Lipinski definition) is 9. The van der Waals surface area contributed by atoms with Gasteiger partial charge in [0, 0.05) is 48.8 Å². The predicted molar refractivity (Wildman–Crippen MR) is 148 cm³/mol. The summed E-state index contributed by atoms with van der Waals surface area (Å²) in [5, 5.41) is 7.13. The summed E-state index contributed by atoms with van der Waals surface area (Å²) < 4.78 is 19.4. The van der Waals surface area contributed by atoms with Crippen LogP contribution < -0.4 is 15.5 Å². The minimum atomic E-state index is -0.374. The fourth-order valence-corrected chi connectivity index (χ4v) is 6.49. The van der Waals surface area contributed by atoms with Crippen LogP contribution in [0.25, 0.3) is 0 Å². The molecule has 0 aliphatic carbocycles. The first-order valence-electron chi connectivity index (χ1n) is 13.5. The van der Waals surface area contributed by atoms with Gasteiger partial charge in [-0.3, -0.25) is 9.80 Å². The molecule has 0 saturated carbocycles. The Morgan fingerprint density at radius 1 is 1.15 bits per heavy atom. The Hall–Kier alpha value is -2.66. The number of anilines is 2. The number of piperazine rings is 1. The highest BCUT2D eigenvalue weighted by molar-refractivity contribution is 6.31. The molecule has 12 heteroatoms. The lowest BCUT2D eigenvalue weighted by Gasteiger charge is -2.47. The van der Waals surface area contributed by atoms with E-state index >= 15 is 0 Å². The molecule has 5 heterocycles. The number of ether oxygens (including phenoxy) is 1. The van der Waals surface area contributed by atoms with E-state index in [1.54, 1.807) is 12.1 Å². The third kappa shape index (κ3) is 5.39. The molecule has 0 spiro atoms. The summed E-state index contributed by atoms with van der Waals surface area (Å²) in [7, 11) is 0. The molecule has 1 atom stereocenters. The first-order chi connectivity index (χ1) is 18.9. The fraction of sp³-hybridized carbons (Fsp3) is 0.519. The van der Waals surface area contributed by atoms with E-state index in [2.05, 4.69) is 37.2 Å². The summed E-state index contributed by atoms with van der Waals surface area (Å²) >= 11 is 12.6. The molecule has 4 aliphatic rings. The number of nitrogens with zero attached hydrogens (tertiary/aromatic N) is 5. The van der Waals surface area contributed by atoms with E-state index < -0.39 is 0 Å². The summed E-state index contributed by atoms with van der Waals surface area (Å²) in [4.78, 5) is 28.6. The number of esters is 1. The summed E-state index contributed by atoms with van der Waals surface area (Å²) in [6.07, 6.45) is 3.13. The molecular weight excluding hydrogens is 544 g/mol. The van der Waals surface area contributed by atoms with Gasteiger partial charge in [-0.05, 0) is 44.5 Å². The van der Waals surface area contributed by atoms with Gasteiger partial charge in [0.05, 0.1) is 12.2 Å². The minimum absolute atomic E-state index is 0.185. The van der Waals surface area contributed by atoms with Crippen LogP contribution in [-0.4, -0.2) is 77.2 Å². The van der Waals surface area contributed by atoms with Gasteiger partial charge in [-0.25, -0.2) is 19.2 Å². The van der Waals surface area contributed by atoms with Crippen molar-refractivity contribution in [1.29, 1.82) is 0 Å². The zero-order valence-electron chi connectivity index (χ0n) is 21.9. The maximum Gasteiger partial charge on any atom is 0.356 e. The van der Waals surface area contributed by atoms with E-state index in [4.69, 9.17) is 32.9 Å². The zero-order chi connectivity index (χ0) is 27.1. The number of hydrogen-bond donors (Lipinski definition) is 2. The monoisotopic (exact) mass is 575 g/mol. The van der Waals surface area contributed by atoms with Gasteiger partial charge >= 0.3 is 5.97 Å². The van der Waals surface area contributed by atoms with E-state index in [9.17, 15) is 9.18 Å². The Labute approximate surface area is 237 Å².